The van der Waals surface area contributed by atoms with E-state index in [4.69, 9.17) is 0 Å². The van der Waals surface area contributed by atoms with Crippen molar-refractivity contribution in [2.45, 2.75) is 44.9 Å². The summed E-state index contributed by atoms with van der Waals surface area (Å²) in [5.74, 6) is 0.0994. The Morgan fingerprint density at radius 1 is 1.03 bits per heavy atom. The maximum Gasteiger partial charge on any atom is 0.227 e. The molecule has 1 aliphatic rings. The van der Waals surface area contributed by atoms with Crippen molar-refractivity contribution in [1.82, 2.24) is 4.98 Å². The van der Waals surface area contributed by atoms with E-state index in [-0.39, 0.29) is 23.5 Å². The summed E-state index contributed by atoms with van der Waals surface area (Å²) in [6.45, 7) is 2.05. The molecule has 1 saturated carbocycles. The molecule has 3 aromatic rings. The molecule has 1 aromatic heterocycles. The van der Waals surface area contributed by atoms with Gasteiger partial charge in [0.15, 0.2) is 0 Å². The maximum absolute atomic E-state index is 13.5. The molecular formula is C25H26F2N2O. The van der Waals surface area contributed by atoms with E-state index in [1.54, 1.807) is 18.3 Å². The number of fused-ring (bicyclic) bond motifs is 1. The summed E-state index contributed by atoms with van der Waals surface area (Å²) in [5, 5.41) is 3.96. The average molecular weight is 408 g/mol. The van der Waals surface area contributed by atoms with Crippen molar-refractivity contribution in [2.75, 3.05) is 5.32 Å². The smallest absolute Gasteiger partial charge is 0.227 e. The van der Waals surface area contributed by atoms with Crippen molar-refractivity contribution in [3.8, 4) is 0 Å². The number of benzene rings is 2. The lowest BCUT2D eigenvalue weighted by molar-refractivity contribution is -0.122. The molecule has 0 bridgehead atoms. The molecule has 1 aliphatic carbocycles. The van der Waals surface area contributed by atoms with E-state index < -0.39 is 0 Å². The van der Waals surface area contributed by atoms with Crippen LogP contribution in [0.15, 0.2) is 54.7 Å². The number of hydrogen-bond acceptors (Lipinski definition) is 2. The van der Waals surface area contributed by atoms with Crippen LogP contribution in [0, 0.1) is 23.5 Å². The summed E-state index contributed by atoms with van der Waals surface area (Å²) < 4.78 is 26.6. The first-order valence-electron chi connectivity index (χ1n) is 10.7. The van der Waals surface area contributed by atoms with Gasteiger partial charge in [-0.15, -0.1) is 0 Å². The number of amides is 1. The molecule has 4 rings (SSSR count). The van der Waals surface area contributed by atoms with Crippen molar-refractivity contribution in [3.63, 3.8) is 0 Å². The third-order valence-corrected chi connectivity index (χ3v) is 6.41. The van der Waals surface area contributed by atoms with E-state index >= 15 is 0 Å². The molecule has 0 aliphatic heterocycles. The molecule has 3 nitrogen and oxygen atoms in total. The molecule has 0 radical (unpaired) electrons. The number of carbonyl (C=O) groups excluding carboxylic acids is 1. The summed E-state index contributed by atoms with van der Waals surface area (Å²) in [5.41, 5.74) is 2.55. The Labute approximate surface area is 175 Å². The molecule has 156 valence electrons. The summed E-state index contributed by atoms with van der Waals surface area (Å²) in [6, 6.07) is 12.7. The van der Waals surface area contributed by atoms with Crippen LogP contribution in [-0.2, 0) is 4.79 Å². The van der Waals surface area contributed by atoms with Crippen LogP contribution in [0.2, 0.25) is 0 Å². The topological polar surface area (TPSA) is 42.0 Å². The van der Waals surface area contributed by atoms with Crippen molar-refractivity contribution >= 4 is 22.5 Å². The summed E-state index contributed by atoms with van der Waals surface area (Å²) in [7, 11) is 0. The van der Waals surface area contributed by atoms with Gasteiger partial charge in [0.05, 0.1) is 5.52 Å². The minimum absolute atomic E-state index is 0.0115. The highest BCUT2D eigenvalue weighted by Gasteiger charge is 2.32. The fraction of sp³-hybridized carbons (Fsp3) is 0.360. The Bertz CT molecular complexity index is 1030. The Morgan fingerprint density at radius 3 is 2.43 bits per heavy atom. The van der Waals surface area contributed by atoms with Gasteiger partial charge in [-0.2, -0.15) is 0 Å². The second kappa shape index (κ2) is 8.90. The normalized spacial score (nSPS) is 20.1. The number of aromatic nitrogens is 1. The standard InChI is InChI=1S/C25H26F2N2O/c1-2-21(25(30)29-20-10-7-18(26)8-11-20)16-3-5-17(6-4-16)22-13-14-28-24-15-19(27)9-12-23(22)24/h7-17,21H,2-6H2,1H3,(H,29,30). The van der Waals surface area contributed by atoms with Gasteiger partial charge in [-0.3, -0.25) is 9.78 Å². The SMILES string of the molecule is CCC(C(=O)Nc1ccc(F)cc1)C1CCC(c2ccnc3cc(F)ccc23)CC1. The number of nitrogens with one attached hydrogen (secondary N) is 1. The van der Waals surface area contributed by atoms with Gasteiger partial charge < -0.3 is 5.32 Å². The van der Waals surface area contributed by atoms with Gasteiger partial charge >= 0.3 is 0 Å². The number of anilines is 1. The van der Waals surface area contributed by atoms with Crippen LogP contribution in [0.4, 0.5) is 14.5 Å². The Kier molecular flexibility index (Phi) is 6.07. The van der Waals surface area contributed by atoms with Gasteiger partial charge in [-0.25, -0.2) is 8.78 Å². The Hall–Kier alpha value is -2.82. The van der Waals surface area contributed by atoms with Crippen LogP contribution >= 0.6 is 0 Å². The largest absolute Gasteiger partial charge is 0.326 e. The maximum atomic E-state index is 13.5. The highest BCUT2D eigenvalue weighted by Crippen LogP contribution is 2.41. The summed E-state index contributed by atoms with van der Waals surface area (Å²) in [6.07, 6.45) is 6.49. The van der Waals surface area contributed by atoms with Crippen LogP contribution in [0.25, 0.3) is 10.9 Å². The van der Waals surface area contributed by atoms with Crippen LogP contribution in [0.1, 0.15) is 50.5 Å². The fourth-order valence-electron chi connectivity index (χ4n) is 4.83. The van der Waals surface area contributed by atoms with Crippen LogP contribution in [-0.4, -0.2) is 10.9 Å². The van der Waals surface area contributed by atoms with Crippen molar-refractivity contribution in [2.24, 2.45) is 11.8 Å². The minimum Gasteiger partial charge on any atom is -0.326 e. The molecule has 0 spiro atoms. The zero-order valence-corrected chi connectivity index (χ0v) is 17.1. The van der Waals surface area contributed by atoms with Gasteiger partial charge in [0, 0.05) is 29.3 Å². The molecular weight excluding hydrogens is 382 g/mol. The highest BCUT2D eigenvalue weighted by atomic mass is 19.1. The molecule has 30 heavy (non-hydrogen) atoms. The molecule has 0 saturated heterocycles. The molecule has 1 N–H and O–H groups in total. The third kappa shape index (κ3) is 4.35. The monoisotopic (exact) mass is 408 g/mol. The molecule has 1 unspecified atom stereocenters. The van der Waals surface area contributed by atoms with Crippen LogP contribution < -0.4 is 5.32 Å². The lowest BCUT2D eigenvalue weighted by Crippen LogP contribution is -2.31. The van der Waals surface area contributed by atoms with Gasteiger partial charge in [0.1, 0.15) is 11.6 Å². The highest BCUT2D eigenvalue weighted by molar-refractivity contribution is 5.92. The first-order chi connectivity index (χ1) is 14.5. The number of carbonyl (C=O) groups is 1. The lowest BCUT2D eigenvalue weighted by atomic mass is 9.72. The molecule has 1 heterocycles. The first-order valence-corrected chi connectivity index (χ1v) is 10.7. The van der Waals surface area contributed by atoms with Crippen LogP contribution in [0.5, 0.6) is 0 Å². The van der Waals surface area contributed by atoms with Crippen LogP contribution in [0.3, 0.4) is 0 Å². The molecule has 2 aromatic carbocycles. The van der Waals surface area contributed by atoms with E-state index in [0.29, 0.717) is 23.0 Å². The second-order valence-electron chi connectivity index (χ2n) is 8.18. The first kappa shape index (κ1) is 20.5. The molecule has 1 amide bonds. The Balaban J connectivity index is 1.43. The summed E-state index contributed by atoms with van der Waals surface area (Å²) in [4.78, 5) is 17.1. The quantitative estimate of drug-likeness (QED) is 0.527. The fourth-order valence-corrected chi connectivity index (χ4v) is 4.83. The van der Waals surface area contributed by atoms with E-state index in [2.05, 4.69) is 10.3 Å². The lowest BCUT2D eigenvalue weighted by Gasteiger charge is -2.33. The number of halogens is 2. The van der Waals surface area contributed by atoms with E-state index in [1.165, 1.54) is 29.8 Å². The predicted octanol–water partition coefficient (Wildman–Crippen LogP) is 6.45. The van der Waals surface area contributed by atoms with E-state index in [0.717, 1.165) is 37.5 Å². The zero-order valence-electron chi connectivity index (χ0n) is 17.1. The number of rotatable bonds is 5. The van der Waals surface area contributed by atoms with Gasteiger partial charge in [-0.05, 0) is 92.0 Å². The molecule has 1 atom stereocenters. The van der Waals surface area contributed by atoms with Crippen molar-refractivity contribution in [3.05, 3.63) is 71.9 Å². The number of nitrogens with zero attached hydrogens (tertiary/aromatic N) is 1. The Morgan fingerprint density at radius 2 is 1.73 bits per heavy atom. The van der Waals surface area contributed by atoms with Gasteiger partial charge in [0.2, 0.25) is 5.91 Å². The number of hydrogen-bond donors (Lipinski definition) is 1. The minimum atomic E-state index is -0.315. The molecule has 5 heteroatoms. The van der Waals surface area contributed by atoms with E-state index in [9.17, 15) is 13.6 Å². The predicted molar refractivity (Wildman–Crippen MR) is 115 cm³/mol. The van der Waals surface area contributed by atoms with Gasteiger partial charge in [-0.1, -0.05) is 6.92 Å². The molecule has 1 fully saturated rings. The zero-order chi connectivity index (χ0) is 21.1. The second-order valence-corrected chi connectivity index (χ2v) is 8.18. The van der Waals surface area contributed by atoms with Crippen molar-refractivity contribution < 1.29 is 13.6 Å². The van der Waals surface area contributed by atoms with Gasteiger partial charge in [0.25, 0.3) is 0 Å². The average Bonchev–Trinajstić information content (AvgIpc) is 2.76. The third-order valence-electron chi connectivity index (χ3n) is 6.41. The van der Waals surface area contributed by atoms with Crippen molar-refractivity contribution in [1.29, 1.82) is 0 Å². The van der Waals surface area contributed by atoms with E-state index in [1.807, 2.05) is 19.1 Å². The number of pyridine rings is 1. The summed E-state index contributed by atoms with van der Waals surface area (Å²) >= 11 is 0.